The summed E-state index contributed by atoms with van der Waals surface area (Å²) < 4.78 is 0. The lowest BCUT2D eigenvalue weighted by Gasteiger charge is -2.29. The van der Waals surface area contributed by atoms with Gasteiger partial charge in [0.2, 0.25) is 0 Å². The van der Waals surface area contributed by atoms with Crippen molar-refractivity contribution in [1.82, 2.24) is 0 Å². The Labute approximate surface area is 121 Å². The third-order valence-electron chi connectivity index (χ3n) is 4.28. The van der Waals surface area contributed by atoms with Gasteiger partial charge in [-0.2, -0.15) is 0 Å². The second-order valence-electron chi connectivity index (χ2n) is 5.82. The van der Waals surface area contributed by atoms with Crippen molar-refractivity contribution in [2.45, 2.75) is 39.5 Å². The average molecular weight is 276 g/mol. The van der Waals surface area contributed by atoms with Gasteiger partial charge < -0.3 is 11.1 Å². The lowest BCUT2D eigenvalue weighted by Crippen LogP contribution is -2.25. The minimum Gasteiger partial charge on any atom is -0.389 e. The molecule has 0 amide bonds. The van der Waals surface area contributed by atoms with E-state index in [-0.39, 0.29) is 0 Å². The molecule has 0 aliphatic heterocycles. The van der Waals surface area contributed by atoms with Gasteiger partial charge in [-0.1, -0.05) is 44.5 Å². The topological polar surface area (TPSA) is 38.0 Å². The zero-order chi connectivity index (χ0) is 13.8. The van der Waals surface area contributed by atoms with Crippen LogP contribution in [0.4, 0.5) is 5.69 Å². The van der Waals surface area contributed by atoms with E-state index in [1.807, 2.05) is 6.07 Å². The molecule has 2 rings (SSSR count). The van der Waals surface area contributed by atoms with E-state index in [0.717, 1.165) is 29.6 Å². The maximum absolute atomic E-state index is 5.79. The summed E-state index contributed by atoms with van der Waals surface area (Å²) in [5, 5.41) is 3.57. The zero-order valence-electron chi connectivity index (χ0n) is 11.9. The van der Waals surface area contributed by atoms with Gasteiger partial charge in [-0.25, -0.2) is 0 Å². The first-order chi connectivity index (χ1) is 9.08. The molecule has 1 aromatic carbocycles. The minimum atomic E-state index is 0.471. The van der Waals surface area contributed by atoms with Crippen molar-refractivity contribution in [2.75, 3.05) is 11.9 Å². The second-order valence-corrected chi connectivity index (χ2v) is 6.26. The molecule has 104 valence electrons. The summed E-state index contributed by atoms with van der Waals surface area (Å²) in [6.07, 6.45) is 5.46. The van der Waals surface area contributed by atoms with Gasteiger partial charge in [0, 0.05) is 17.8 Å². The fourth-order valence-corrected chi connectivity index (χ4v) is 3.13. The Balaban J connectivity index is 2.05. The van der Waals surface area contributed by atoms with Gasteiger partial charge in [-0.05, 0) is 42.9 Å². The summed E-state index contributed by atoms with van der Waals surface area (Å²) in [5.41, 5.74) is 9.08. The second kappa shape index (κ2) is 6.38. The van der Waals surface area contributed by atoms with Gasteiger partial charge in [0.15, 0.2) is 0 Å². The molecule has 3 N–H and O–H groups in total. The van der Waals surface area contributed by atoms with E-state index in [1.54, 1.807) is 0 Å². The first-order valence-electron chi connectivity index (χ1n) is 7.22. The Kier molecular flexibility index (Phi) is 4.81. The van der Waals surface area contributed by atoms with Crippen LogP contribution >= 0.6 is 12.2 Å². The number of nitrogens with one attached hydrogen (secondary N) is 1. The fraction of sp³-hybridized carbons (Fsp3) is 0.562. The number of anilines is 1. The molecule has 2 atom stereocenters. The molecule has 1 aliphatic carbocycles. The molecular formula is C16H24N2S. The predicted molar refractivity (Wildman–Crippen MR) is 86.7 cm³/mol. The predicted octanol–water partition coefficient (Wildman–Crippen LogP) is 3.87. The molecule has 0 heterocycles. The molecule has 1 fully saturated rings. The van der Waals surface area contributed by atoms with Crippen molar-refractivity contribution < 1.29 is 0 Å². The average Bonchev–Trinajstić information content (AvgIpc) is 2.37. The Hall–Kier alpha value is -1.09. The quantitative estimate of drug-likeness (QED) is 0.820. The molecule has 0 spiro atoms. The van der Waals surface area contributed by atoms with Crippen LogP contribution in [0.15, 0.2) is 18.2 Å². The fourth-order valence-electron chi connectivity index (χ4n) is 2.96. The van der Waals surface area contributed by atoms with E-state index in [1.165, 1.54) is 31.2 Å². The maximum Gasteiger partial charge on any atom is 0.106 e. The molecule has 3 heteroatoms. The van der Waals surface area contributed by atoms with Crippen LogP contribution in [0.25, 0.3) is 0 Å². The van der Waals surface area contributed by atoms with Crippen molar-refractivity contribution in [2.24, 2.45) is 17.6 Å². The van der Waals surface area contributed by atoms with Crippen LogP contribution in [0.3, 0.4) is 0 Å². The van der Waals surface area contributed by atoms with Crippen molar-refractivity contribution in [3.05, 3.63) is 29.3 Å². The summed E-state index contributed by atoms with van der Waals surface area (Å²) in [6, 6.07) is 6.22. The van der Waals surface area contributed by atoms with Crippen molar-refractivity contribution in [3.63, 3.8) is 0 Å². The molecule has 0 radical (unpaired) electrons. The van der Waals surface area contributed by atoms with Crippen molar-refractivity contribution in [3.8, 4) is 0 Å². The number of benzene rings is 1. The van der Waals surface area contributed by atoms with E-state index in [4.69, 9.17) is 18.0 Å². The summed E-state index contributed by atoms with van der Waals surface area (Å²) in [4.78, 5) is 0.471. The normalized spacial score (nSPS) is 23.1. The van der Waals surface area contributed by atoms with Crippen LogP contribution in [0.1, 0.15) is 43.7 Å². The number of nitrogens with two attached hydrogens (primary N) is 1. The smallest absolute Gasteiger partial charge is 0.106 e. The molecule has 2 nitrogen and oxygen atoms in total. The molecule has 1 saturated carbocycles. The SMILES string of the molecule is Cc1ccc(C(N)=S)c(NCC2CCCCC2C)c1. The van der Waals surface area contributed by atoms with Crippen molar-refractivity contribution in [1.29, 1.82) is 0 Å². The third-order valence-corrected chi connectivity index (χ3v) is 4.50. The number of thiocarbonyl (C=S) groups is 1. The molecule has 19 heavy (non-hydrogen) atoms. The largest absolute Gasteiger partial charge is 0.389 e. The van der Waals surface area contributed by atoms with Crippen LogP contribution in [0.2, 0.25) is 0 Å². The van der Waals surface area contributed by atoms with Gasteiger partial charge in [0.25, 0.3) is 0 Å². The van der Waals surface area contributed by atoms with Crippen LogP contribution in [-0.4, -0.2) is 11.5 Å². The molecule has 0 bridgehead atoms. The Bertz CT molecular complexity index is 456. The monoisotopic (exact) mass is 276 g/mol. The number of rotatable bonds is 4. The Morgan fingerprint density at radius 3 is 2.79 bits per heavy atom. The van der Waals surface area contributed by atoms with Gasteiger partial charge in [0.05, 0.1) is 0 Å². The van der Waals surface area contributed by atoms with Crippen LogP contribution in [0, 0.1) is 18.8 Å². The van der Waals surface area contributed by atoms with Gasteiger partial charge in [-0.15, -0.1) is 0 Å². The van der Waals surface area contributed by atoms with E-state index < -0.39 is 0 Å². The summed E-state index contributed by atoms with van der Waals surface area (Å²) in [7, 11) is 0. The van der Waals surface area contributed by atoms with E-state index in [9.17, 15) is 0 Å². The van der Waals surface area contributed by atoms with Gasteiger partial charge in [-0.3, -0.25) is 0 Å². The molecule has 1 aromatic rings. The molecule has 0 saturated heterocycles. The lowest BCUT2D eigenvalue weighted by atomic mass is 9.80. The first-order valence-corrected chi connectivity index (χ1v) is 7.63. The van der Waals surface area contributed by atoms with Crippen molar-refractivity contribution >= 4 is 22.9 Å². The molecule has 1 aliphatic rings. The Morgan fingerprint density at radius 1 is 1.37 bits per heavy atom. The number of hydrogen-bond donors (Lipinski definition) is 2. The minimum absolute atomic E-state index is 0.471. The maximum atomic E-state index is 5.79. The number of aryl methyl sites for hydroxylation is 1. The molecule has 0 aromatic heterocycles. The molecular weight excluding hydrogens is 252 g/mol. The highest BCUT2D eigenvalue weighted by Gasteiger charge is 2.21. The van der Waals surface area contributed by atoms with E-state index >= 15 is 0 Å². The Morgan fingerprint density at radius 2 is 2.11 bits per heavy atom. The summed E-state index contributed by atoms with van der Waals surface area (Å²) in [6.45, 7) is 5.49. The molecule has 2 unspecified atom stereocenters. The highest BCUT2D eigenvalue weighted by Crippen LogP contribution is 2.30. The third kappa shape index (κ3) is 3.69. The van der Waals surface area contributed by atoms with E-state index in [0.29, 0.717) is 4.99 Å². The highest BCUT2D eigenvalue weighted by molar-refractivity contribution is 7.80. The summed E-state index contributed by atoms with van der Waals surface area (Å²) >= 11 is 5.12. The number of hydrogen-bond acceptors (Lipinski definition) is 2. The van der Waals surface area contributed by atoms with Gasteiger partial charge >= 0.3 is 0 Å². The van der Waals surface area contributed by atoms with Crippen LogP contribution < -0.4 is 11.1 Å². The van der Waals surface area contributed by atoms with E-state index in [2.05, 4.69) is 31.3 Å². The highest BCUT2D eigenvalue weighted by atomic mass is 32.1. The standard InChI is InChI=1S/C16H24N2S/c1-11-7-8-14(16(17)19)15(9-11)18-10-13-6-4-3-5-12(13)2/h7-9,12-13,18H,3-6,10H2,1-2H3,(H2,17,19). The summed E-state index contributed by atoms with van der Waals surface area (Å²) in [5.74, 6) is 1.59. The van der Waals surface area contributed by atoms with Gasteiger partial charge in [0.1, 0.15) is 4.99 Å². The van der Waals surface area contributed by atoms with Crippen LogP contribution in [-0.2, 0) is 0 Å². The first kappa shape index (κ1) is 14.3. The zero-order valence-corrected chi connectivity index (χ0v) is 12.7. The lowest BCUT2D eigenvalue weighted by molar-refractivity contribution is 0.268. The van der Waals surface area contributed by atoms with Crippen LogP contribution in [0.5, 0.6) is 0 Å².